The SMILES string of the molecule is Nc1c(C(=O)Cc2cc(Cl)ccc2Cl)sc2nc(-c3ccc(Cl)cc3)ccc12. The second kappa shape index (κ2) is 7.72. The first-order valence-corrected chi connectivity index (χ1v) is 10.3. The number of Topliss-reactive ketones (excluding diaryl/α,β-unsaturated/α-hetero) is 1. The van der Waals surface area contributed by atoms with E-state index in [0.29, 0.717) is 36.0 Å². The highest BCUT2D eigenvalue weighted by atomic mass is 35.5. The molecule has 0 saturated heterocycles. The van der Waals surface area contributed by atoms with Gasteiger partial charge in [0, 0.05) is 32.4 Å². The Kier molecular flexibility index (Phi) is 5.30. The highest BCUT2D eigenvalue weighted by Crippen LogP contribution is 2.35. The van der Waals surface area contributed by atoms with Gasteiger partial charge in [0.25, 0.3) is 0 Å². The first kappa shape index (κ1) is 19.2. The quantitative estimate of drug-likeness (QED) is 0.345. The third-order valence-corrected chi connectivity index (χ3v) is 6.36. The van der Waals surface area contributed by atoms with Gasteiger partial charge in [0.05, 0.1) is 16.3 Å². The molecular formula is C21H13Cl3N2OS. The van der Waals surface area contributed by atoms with Crippen LogP contribution in [0.1, 0.15) is 15.2 Å². The van der Waals surface area contributed by atoms with Crippen molar-refractivity contribution >= 4 is 67.8 Å². The summed E-state index contributed by atoms with van der Waals surface area (Å²) in [5.41, 5.74) is 9.09. The summed E-state index contributed by atoms with van der Waals surface area (Å²) in [6.07, 6.45) is 0.125. The van der Waals surface area contributed by atoms with Crippen LogP contribution in [-0.4, -0.2) is 10.8 Å². The van der Waals surface area contributed by atoms with E-state index in [2.05, 4.69) is 4.98 Å². The number of nitrogens with two attached hydrogens (primary N) is 1. The van der Waals surface area contributed by atoms with E-state index < -0.39 is 0 Å². The summed E-state index contributed by atoms with van der Waals surface area (Å²) in [7, 11) is 0. The number of thiophene rings is 1. The molecule has 0 amide bonds. The normalized spacial score (nSPS) is 11.1. The molecule has 0 bridgehead atoms. The predicted octanol–water partition coefficient (Wildman–Crippen LogP) is 6.93. The van der Waals surface area contributed by atoms with Crippen molar-refractivity contribution in [3.05, 3.63) is 80.1 Å². The second-order valence-corrected chi connectivity index (χ2v) is 8.52. The number of hydrogen-bond donors (Lipinski definition) is 1. The Morgan fingerprint density at radius 3 is 2.43 bits per heavy atom. The molecule has 2 N–H and O–H groups in total. The van der Waals surface area contributed by atoms with Crippen molar-refractivity contribution in [2.24, 2.45) is 0 Å². The Bertz CT molecular complexity index is 1200. The van der Waals surface area contributed by atoms with Crippen LogP contribution in [0, 0.1) is 0 Å². The first-order chi connectivity index (χ1) is 13.4. The number of anilines is 1. The Morgan fingerprint density at radius 2 is 1.68 bits per heavy atom. The molecule has 0 atom stereocenters. The first-order valence-electron chi connectivity index (χ1n) is 8.34. The van der Waals surface area contributed by atoms with Crippen LogP contribution in [0.5, 0.6) is 0 Å². The Hall–Kier alpha value is -2.11. The van der Waals surface area contributed by atoms with E-state index in [0.717, 1.165) is 16.6 Å². The minimum atomic E-state index is -0.113. The molecule has 0 radical (unpaired) electrons. The molecule has 140 valence electrons. The number of fused-ring (bicyclic) bond motifs is 1. The van der Waals surface area contributed by atoms with E-state index in [1.807, 2.05) is 36.4 Å². The van der Waals surface area contributed by atoms with Crippen LogP contribution >= 0.6 is 46.1 Å². The zero-order valence-electron chi connectivity index (χ0n) is 14.4. The lowest BCUT2D eigenvalue weighted by Crippen LogP contribution is -2.04. The molecule has 0 aliphatic heterocycles. The number of rotatable bonds is 4. The van der Waals surface area contributed by atoms with Gasteiger partial charge in [-0.15, -0.1) is 11.3 Å². The average Bonchev–Trinajstić information content (AvgIpc) is 3.01. The zero-order valence-corrected chi connectivity index (χ0v) is 17.5. The minimum absolute atomic E-state index is 0.113. The molecule has 2 heterocycles. The maximum absolute atomic E-state index is 12.8. The van der Waals surface area contributed by atoms with E-state index in [9.17, 15) is 4.79 Å². The lowest BCUT2D eigenvalue weighted by atomic mass is 10.1. The molecule has 0 unspecified atom stereocenters. The summed E-state index contributed by atoms with van der Waals surface area (Å²) in [5.74, 6) is -0.113. The number of carbonyl (C=O) groups is 1. The van der Waals surface area contributed by atoms with Crippen LogP contribution in [0.4, 0.5) is 5.69 Å². The fourth-order valence-corrected chi connectivity index (χ4v) is 4.45. The molecular weight excluding hydrogens is 435 g/mol. The van der Waals surface area contributed by atoms with Gasteiger partial charge in [0.15, 0.2) is 5.78 Å². The van der Waals surface area contributed by atoms with Gasteiger partial charge in [0.1, 0.15) is 4.83 Å². The maximum Gasteiger partial charge on any atom is 0.179 e. The predicted molar refractivity (Wildman–Crippen MR) is 119 cm³/mol. The molecule has 7 heteroatoms. The summed E-state index contributed by atoms with van der Waals surface area (Å²) in [4.78, 5) is 18.7. The van der Waals surface area contributed by atoms with Crippen LogP contribution in [-0.2, 0) is 6.42 Å². The van der Waals surface area contributed by atoms with Gasteiger partial charge < -0.3 is 5.73 Å². The summed E-state index contributed by atoms with van der Waals surface area (Å²) in [6.45, 7) is 0. The van der Waals surface area contributed by atoms with E-state index in [4.69, 9.17) is 40.5 Å². The number of nitrogen functional groups attached to an aromatic ring is 1. The summed E-state index contributed by atoms with van der Waals surface area (Å²) in [5, 5.41) is 2.47. The molecule has 4 rings (SSSR count). The number of benzene rings is 2. The molecule has 0 aliphatic rings. The lowest BCUT2D eigenvalue weighted by molar-refractivity contribution is 0.0997. The highest BCUT2D eigenvalue weighted by molar-refractivity contribution is 7.21. The smallest absolute Gasteiger partial charge is 0.179 e. The van der Waals surface area contributed by atoms with Crippen LogP contribution in [0.3, 0.4) is 0 Å². The van der Waals surface area contributed by atoms with Gasteiger partial charge in [-0.2, -0.15) is 0 Å². The summed E-state index contributed by atoms with van der Waals surface area (Å²) in [6, 6.07) is 16.3. The molecule has 3 nitrogen and oxygen atoms in total. The van der Waals surface area contributed by atoms with Gasteiger partial charge >= 0.3 is 0 Å². The largest absolute Gasteiger partial charge is 0.397 e. The van der Waals surface area contributed by atoms with Crippen LogP contribution in [0.2, 0.25) is 15.1 Å². The van der Waals surface area contributed by atoms with Gasteiger partial charge in [-0.1, -0.05) is 46.9 Å². The van der Waals surface area contributed by atoms with Gasteiger partial charge in [-0.3, -0.25) is 4.79 Å². The highest BCUT2D eigenvalue weighted by Gasteiger charge is 2.19. The molecule has 2 aromatic carbocycles. The minimum Gasteiger partial charge on any atom is -0.397 e. The Balaban J connectivity index is 1.69. The lowest BCUT2D eigenvalue weighted by Gasteiger charge is -2.04. The molecule has 0 fully saturated rings. The van der Waals surface area contributed by atoms with Crippen molar-refractivity contribution in [2.45, 2.75) is 6.42 Å². The van der Waals surface area contributed by atoms with Gasteiger partial charge in [-0.25, -0.2) is 4.98 Å². The second-order valence-electron chi connectivity index (χ2n) is 6.24. The van der Waals surface area contributed by atoms with Gasteiger partial charge in [0.2, 0.25) is 0 Å². The van der Waals surface area contributed by atoms with E-state index in [1.165, 1.54) is 11.3 Å². The molecule has 4 aromatic rings. The zero-order chi connectivity index (χ0) is 19.8. The number of hydrogen-bond acceptors (Lipinski definition) is 4. The van der Waals surface area contributed by atoms with E-state index >= 15 is 0 Å². The van der Waals surface area contributed by atoms with Crippen molar-refractivity contribution in [1.29, 1.82) is 0 Å². The average molecular weight is 448 g/mol. The Morgan fingerprint density at radius 1 is 0.964 bits per heavy atom. The van der Waals surface area contributed by atoms with E-state index in [-0.39, 0.29) is 12.2 Å². The fourth-order valence-electron chi connectivity index (χ4n) is 2.92. The molecule has 28 heavy (non-hydrogen) atoms. The molecule has 0 spiro atoms. The number of carbonyl (C=O) groups excluding carboxylic acids is 1. The third kappa shape index (κ3) is 3.74. The topological polar surface area (TPSA) is 56.0 Å². The van der Waals surface area contributed by atoms with E-state index in [1.54, 1.807) is 18.2 Å². The molecule has 2 aromatic heterocycles. The summed E-state index contributed by atoms with van der Waals surface area (Å²) < 4.78 is 0. The maximum atomic E-state index is 12.8. The fraction of sp³-hybridized carbons (Fsp3) is 0.0476. The monoisotopic (exact) mass is 446 g/mol. The standard InChI is InChI=1S/C21H13Cl3N2OS/c22-13-3-1-11(2-4-13)17-8-6-15-19(25)20(28-21(15)26-17)18(27)10-12-9-14(23)5-7-16(12)24/h1-9H,10,25H2. The van der Waals surface area contributed by atoms with Crippen molar-refractivity contribution in [2.75, 3.05) is 5.73 Å². The molecule has 0 aliphatic carbocycles. The number of nitrogens with zero attached hydrogens (tertiary/aromatic N) is 1. The van der Waals surface area contributed by atoms with Crippen molar-refractivity contribution < 1.29 is 4.79 Å². The van der Waals surface area contributed by atoms with Crippen molar-refractivity contribution in [3.63, 3.8) is 0 Å². The Labute approximate surface area is 180 Å². The number of aromatic nitrogens is 1. The van der Waals surface area contributed by atoms with Gasteiger partial charge in [-0.05, 0) is 48.0 Å². The number of ketones is 1. The van der Waals surface area contributed by atoms with Crippen molar-refractivity contribution in [1.82, 2.24) is 4.98 Å². The number of pyridine rings is 1. The van der Waals surface area contributed by atoms with Crippen LogP contribution < -0.4 is 5.73 Å². The third-order valence-electron chi connectivity index (χ3n) is 4.35. The van der Waals surface area contributed by atoms with Crippen molar-refractivity contribution in [3.8, 4) is 11.3 Å². The molecule has 0 saturated carbocycles. The number of halogens is 3. The summed E-state index contributed by atoms with van der Waals surface area (Å²) >= 11 is 19.4. The van der Waals surface area contributed by atoms with Crippen LogP contribution in [0.25, 0.3) is 21.5 Å². The van der Waals surface area contributed by atoms with Crippen LogP contribution in [0.15, 0.2) is 54.6 Å².